The van der Waals surface area contributed by atoms with Gasteiger partial charge in [-0.05, 0) is 32.4 Å². The van der Waals surface area contributed by atoms with E-state index in [1.165, 1.54) is 6.07 Å². The molecule has 1 N–H and O–H groups in total. The number of non-ortho nitro benzene ring substituents is 1. The second-order valence-corrected chi connectivity index (χ2v) is 5.12. The van der Waals surface area contributed by atoms with Gasteiger partial charge in [-0.25, -0.2) is 0 Å². The van der Waals surface area contributed by atoms with Gasteiger partial charge in [0.15, 0.2) is 5.79 Å². The van der Waals surface area contributed by atoms with Crippen LogP contribution >= 0.6 is 0 Å². The Labute approximate surface area is 111 Å². The molecular weight excluding hydrogens is 248 g/mol. The zero-order chi connectivity index (χ0) is 14.0. The van der Waals surface area contributed by atoms with Crippen molar-refractivity contribution in [2.45, 2.75) is 32.6 Å². The van der Waals surface area contributed by atoms with Crippen molar-refractivity contribution in [3.8, 4) is 0 Å². The SMILES string of the molecule is Cc1cc([N+](=O)[O-])ccc1NC1COC(C)(C)OC1. The summed E-state index contributed by atoms with van der Waals surface area (Å²) in [5, 5.41) is 14.0. The topological polar surface area (TPSA) is 73.6 Å². The third-order valence-electron chi connectivity index (χ3n) is 3.04. The minimum absolute atomic E-state index is 0.0492. The van der Waals surface area contributed by atoms with Crippen LogP contribution in [0.3, 0.4) is 0 Å². The summed E-state index contributed by atoms with van der Waals surface area (Å²) in [5.41, 5.74) is 1.79. The van der Waals surface area contributed by atoms with Crippen LogP contribution in [0.4, 0.5) is 11.4 Å². The number of rotatable bonds is 3. The molecule has 0 unspecified atom stereocenters. The number of nitro groups is 1. The summed E-state index contributed by atoms with van der Waals surface area (Å²) in [6.45, 7) is 6.68. The molecule has 0 bridgehead atoms. The first-order chi connectivity index (χ1) is 8.87. The van der Waals surface area contributed by atoms with Gasteiger partial charge in [0.05, 0.1) is 24.2 Å². The summed E-state index contributed by atoms with van der Waals surface area (Å²) < 4.78 is 11.1. The molecule has 0 aromatic heterocycles. The fourth-order valence-corrected chi connectivity index (χ4v) is 1.92. The third-order valence-corrected chi connectivity index (χ3v) is 3.04. The Hall–Kier alpha value is -1.66. The molecule has 1 fully saturated rings. The second kappa shape index (κ2) is 5.14. The van der Waals surface area contributed by atoms with Gasteiger partial charge in [-0.15, -0.1) is 0 Å². The summed E-state index contributed by atoms with van der Waals surface area (Å²) in [6, 6.07) is 4.81. The predicted octanol–water partition coefficient (Wildman–Crippen LogP) is 2.47. The Balaban J connectivity index is 2.02. The van der Waals surface area contributed by atoms with E-state index in [0.29, 0.717) is 13.2 Å². The Morgan fingerprint density at radius 2 is 2.00 bits per heavy atom. The first kappa shape index (κ1) is 13.8. The lowest BCUT2D eigenvalue weighted by Crippen LogP contribution is -2.45. The molecule has 19 heavy (non-hydrogen) atoms. The van der Waals surface area contributed by atoms with Gasteiger partial charge in [0, 0.05) is 17.8 Å². The molecule has 6 nitrogen and oxygen atoms in total. The standard InChI is InChI=1S/C13H18N2O4/c1-9-6-11(15(16)17)4-5-12(9)14-10-7-18-13(2,3)19-8-10/h4-6,10,14H,7-8H2,1-3H3. The van der Waals surface area contributed by atoms with Gasteiger partial charge in [0.2, 0.25) is 0 Å². The predicted molar refractivity (Wildman–Crippen MR) is 71.2 cm³/mol. The second-order valence-electron chi connectivity index (χ2n) is 5.12. The van der Waals surface area contributed by atoms with E-state index >= 15 is 0 Å². The number of aryl methyl sites for hydroxylation is 1. The van der Waals surface area contributed by atoms with Gasteiger partial charge in [0.25, 0.3) is 5.69 Å². The van der Waals surface area contributed by atoms with Crippen LogP contribution in [0.1, 0.15) is 19.4 Å². The van der Waals surface area contributed by atoms with Crippen molar-refractivity contribution in [3.05, 3.63) is 33.9 Å². The van der Waals surface area contributed by atoms with E-state index in [1.54, 1.807) is 12.1 Å². The van der Waals surface area contributed by atoms with Crippen LogP contribution in [0.2, 0.25) is 0 Å². The summed E-state index contributed by atoms with van der Waals surface area (Å²) >= 11 is 0. The molecule has 0 aliphatic carbocycles. The van der Waals surface area contributed by atoms with Gasteiger partial charge in [-0.1, -0.05) is 0 Å². The molecule has 1 aliphatic rings. The maximum Gasteiger partial charge on any atom is 0.269 e. The van der Waals surface area contributed by atoms with Gasteiger partial charge < -0.3 is 14.8 Å². The first-order valence-electron chi connectivity index (χ1n) is 6.17. The lowest BCUT2D eigenvalue weighted by Gasteiger charge is -2.35. The van der Waals surface area contributed by atoms with Gasteiger partial charge >= 0.3 is 0 Å². The number of benzene rings is 1. The fraction of sp³-hybridized carbons (Fsp3) is 0.538. The van der Waals surface area contributed by atoms with Crippen LogP contribution in [0.25, 0.3) is 0 Å². The van der Waals surface area contributed by atoms with Crippen molar-refractivity contribution in [1.29, 1.82) is 0 Å². The quantitative estimate of drug-likeness (QED) is 0.672. The van der Waals surface area contributed by atoms with Gasteiger partial charge in [0.1, 0.15) is 0 Å². The molecule has 0 radical (unpaired) electrons. The van der Waals surface area contributed by atoms with Crippen molar-refractivity contribution in [3.63, 3.8) is 0 Å². The Morgan fingerprint density at radius 3 is 2.53 bits per heavy atom. The molecule has 0 saturated carbocycles. The molecule has 1 aromatic rings. The van der Waals surface area contributed by atoms with E-state index < -0.39 is 10.7 Å². The third kappa shape index (κ3) is 3.42. The van der Waals surface area contributed by atoms with E-state index in [2.05, 4.69) is 5.32 Å². The van der Waals surface area contributed by atoms with Crippen molar-refractivity contribution in [2.24, 2.45) is 0 Å². The molecule has 1 aromatic carbocycles. The number of hydrogen-bond acceptors (Lipinski definition) is 5. The van der Waals surface area contributed by atoms with Gasteiger partial charge in [-0.2, -0.15) is 0 Å². The lowest BCUT2D eigenvalue weighted by atomic mass is 10.1. The van der Waals surface area contributed by atoms with Crippen LogP contribution < -0.4 is 5.32 Å². The summed E-state index contributed by atoms with van der Waals surface area (Å²) in [6.07, 6.45) is 0. The van der Waals surface area contributed by atoms with Gasteiger partial charge in [-0.3, -0.25) is 10.1 Å². The maximum atomic E-state index is 10.7. The highest BCUT2D eigenvalue weighted by Gasteiger charge is 2.28. The lowest BCUT2D eigenvalue weighted by molar-refractivity contribution is -0.384. The largest absolute Gasteiger partial charge is 0.377 e. The Morgan fingerprint density at radius 1 is 1.37 bits per heavy atom. The van der Waals surface area contributed by atoms with Crippen LogP contribution in [0.5, 0.6) is 0 Å². The maximum absolute atomic E-state index is 10.7. The molecule has 0 amide bonds. The Kier molecular flexibility index (Phi) is 3.73. The van der Waals surface area contributed by atoms with Crippen molar-refractivity contribution >= 4 is 11.4 Å². The van der Waals surface area contributed by atoms with E-state index in [1.807, 2.05) is 20.8 Å². The average Bonchev–Trinajstić information content (AvgIpc) is 2.34. The summed E-state index contributed by atoms with van der Waals surface area (Å²) in [4.78, 5) is 10.3. The number of nitro benzene ring substituents is 1. The minimum atomic E-state index is -0.539. The smallest absolute Gasteiger partial charge is 0.269 e. The molecule has 1 heterocycles. The van der Waals surface area contributed by atoms with Crippen LogP contribution in [0.15, 0.2) is 18.2 Å². The molecule has 6 heteroatoms. The zero-order valence-electron chi connectivity index (χ0n) is 11.3. The fourth-order valence-electron chi connectivity index (χ4n) is 1.92. The monoisotopic (exact) mass is 266 g/mol. The number of nitrogens with one attached hydrogen (secondary N) is 1. The first-order valence-corrected chi connectivity index (χ1v) is 6.17. The molecular formula is C13H18N2O4. The molecule has 1 saturated heterocycles. The number of anilines is 1. The van der Waals surface area contributed by atoms with Crippen molar-refractivity contribution in [2.75, 3.05) is 18.5 Å². The number of nitrogens with zero attached hydrogens (tertiary/aromatic N) is 1. The molecule has 0 spiro atoms. The minimum Gasteiger partial charge on any atom is -0.377 e. The normalized spacial score (nSPS) is 19.1. The van der Waals surface area contributed by atoms with E-state index in [9.17, 15) is 10.1 Å². The number of hydrogen-bond donors (Lipinski definition) is 1. The summed E-state index contributed by atoms with van der Waals surface area (Å²) in [5.74, 6) is -0.539. The van der Waals surface area contributed by atoms with Crippen LogP contribution in [0, 0.1) is 17.0 Å². The van der Waals surface area contributed by atoms with Crippen LogP contribution in [-0.4, -0.2) is 30.0 Å². The number of ether oxygens (including phenoxy) is 2. The highest BCUT2D eigenvalue weighted by Crippen LogP contribution is 2.24. The van der Waals surface area contributed by atoms with E-state index in [4.69, 9.17) is 9.47 Å². The van der Waals surface area contributed by atoms with E-state index in [0.717, 1.165) is 11.3 Å². The van der Waals surface area contributed by atoms with E-state index in [-0.39, 0.29) is 11.7 Å². The van der Waals surface area contributed by atoms with Crippen LogP contribution in [-0.2, 0) is 9.47 Å². The molecule has 1 aliphatic heterocycles. The summed E-state index contributed by atoms with van der Waals surface area (Å²) in [7, 11) is 0. The zero-order valence-corrected chi connectivity index (χ0v) is 11.3. The van der Waals surface area contributed by atoms with Crippen molar-refractivity contribution < 1.29 is 14.4 Å². The van der Waals surface area contributed by atoms with Crippen molar-refractivity contribution in [1.82, 2.24) is 0 Å². The highest BCUT2D eigenvalue weighted by atomic mass is 16.7. The molecule has 104 valence electrons. The average molecular weight is 266 g/mol. The Bertz CT molecular complexity index is 478. The molecule has 0 atom stereocenters. The molecule has 2 rings (SSSR count). The highest BCUT2D eigenvalue weighted by molar-refractivity contribution is 5.56.